The fraction of sp³-hybridized carbons (Fsp3) is 0.733. The molecule has 1 aromatic rings. The molecule has 0 aliphatic heterocycles. The van der Waals surface area contributed by atoms with Gasteiger partial charge in [-0.25, -0.2) is 14.4 Å². The average Bonchev–Trinajstić information content (AvgIpc) is 2.47. The van der Waals surface area contributed by atoms with Crippen LogP contribution in [0.4, 0.5) is 10.2 Å². The molecule has 0 radical (unpaired) electrons. The molecular weight excluding hydrogens is 257 g/mol. The van der Waals surface area contributed by atoms with Crippen LogP contribution in [0.15, 0.2) is 6.33 Å². The highest BCUT2D eigenvalue weighted by Gasteiger charge is 2.32. The highest BCUT2D eigenvalue weighted by Crippen LogP contribution is 2.33. The van der Waals surface area contributed by atoms with Gasteiger partial charge in [0.25, 0.3) is 0 Å². The summed E-state index contributed by atoms with van der Waals surface area (Å²) in [6.07, 6.45) is 6.69. The number of nitrogens with one attached hydrogen (secondary N) is 1. The van der Waals surface area contributed by atoms with E-state index in [2.05, 4.69) is 22.2 Å². The Morgan fingerprint density at radius 1 is 1.35 bits per heavy atom. The van der Waals surface area contributed by atoms with Crippen LogP contribution in [-0.4, -0.2) is 27.2 Å². The van der Waals surface area contributed by atoms with Gasteiger partial charge in [0, 0.05) is 6.54 Å². The molecule has 20 heavy (non-hydrogen) atoms. The van der Waals surface area contributed by atoms with Crippen LogP contribution in [0.3, 0.4) is 0 Å². The third-order valence-corrected chi connectivity index (χ3v) is 4.39. The van der Waals surface area contributed by atoms with Crippen molar-refractivity contribution in [3.63, 3.8) is 0 Å². The van der Waals surface area contributed by atoms with Gasteiger partial charge in [-0.2, -0.15) is 0 Å². The largest absolute Gasteiger partial charge is 0.388 e. The zero-order chi connectivity index (χ0) is 14.6. The number of aromatic nitrogens is 2. The summed E-state index contributed by atoms with van der Waals surface area (Å²) in [6, 6.07) is 0. The van der Waals surface area contributed by atoms with E-state index in [4.69, 9.17) is 0 Å². The van der Waals surface area contributed by atoms with Crippen LogP contribution >= 0.6 is 0 Å². The molecule has 1 heterocycles. The molecule has 1 fully saturated rings. The van der Waals surface area contributed by atoms with Crippen LogP contribution in [0, 0.1) is 11.7 Å². The highest BCUT2D eigenvalue weighted by molar-refractivity contribution is 5.37. The van der Waals surface area contributed by atoms with Gasteiger partial charge in [-0.1, -0.05) is 20.3 Å². The van der Waals surface area contributed by atoms with Crippen molar-refractivity contribution in [2.45, 2.75) is 58.0 Å². The van der Waals surface area contributed by atoms with E-state index >= 15 is 0 Å². The molecule has 1 aliphatic rings. The summed E-state index contributed by atoms with van der Waals surface area (Å²) in [7, 11) is 0. The van der Waals surface area contributed by atoms with Crippen LogP contribution in [0.25, 0.3) is 0 Å². The molecule has 5 heteroatoms. The lowest BCUT2D eigenvalue weighted by molar-refractivity contribution is 0.00218. The zero-order valence-electron chi connectivity index (χ0n) is 12.3. The van der Waals surface area contributed by atoms with Crippen LogP contribution in [-0.2, 0) is 6.42 Å². The van der Waals surface area contributed by atoms with Gasteiger partial charge in [0.2, 0.25) is 0 Å². The third-order valence-electron chi connectivity index (χ3n) is 4.39. The highest BCUT2D eigenvalue weighted by atomic mass is 19.1. The van der Waals surface area contributed by atoms with Gasteiger partial charge in [-0.15, -0.1) is 0 Å². The Morgan fingerprint density at radius 2 is 2.05 bits per heavy atom. The van der Waals surface area contributed by atoms with Crippen molar-refractivity contribution in [2.75, 3.05) is 11.9 Å². The van der Waals surface area contributed by atoms with Crippen molar-refractivity contribution in [2.24, 2.45) is 5.92 Å². The smallest absolute Gasteiger partial charge is 0.186 e. The average molecular weight is 281 g/mol. The van der Waals surface area contributed by atoms with Gasteiger partial charge in [-0.05, 0) is 38.0 Å². The molecule has 0 aromatic carbocycles. The van der Waals surface area contributed by atoms with E-state index in [0.717, 1.165) is 31.6 Å². The first-order chi connectivity index (χ1) is 9.58. The minimum atomic E-state index is -0.741. The Hall–Kier alpha value is -1.23. The van der Waals surface area contributed by atoms with Crippen molar-refractivity contribution >= 4 is 5.82 Å². The Morgan fingerprint density at radius 3 is 2.65 bits per heavy atom. The monoisotopic (exact) mass is 281 g/mol. The summed E-state index contributed by atoms with van der Waals surface area (Å²) < 4.78 is 14.0. The first-order valence-electron chi connectivity index (χ1n) is 7.53. The van der Waals surface area contributed by atoms with Gasteiger partial charge < -0.3 is 10.4 Å². The Kier molecular flexibility index (Phi) is 4.91. The van der Waals surface area contributed by atoms with E-state index in [1.54, 1.807) is 0 Å². The first kappa shape index (κ1) is 15.2. The Labute approximate surface area is 119 Å². The number of nitrogens with zero attached hydrogens (tertiary/aromatic N) is 2. The van der Waals surface area contributed by atoms with Crippen molar-refractivity contribution in [3.8, 4) is 0 Å². The Bertz CT molecular complexity index is 445. The molecule has 112 valence electrons. The normalized spacial score (nSPS) is 26.5. The second-order valence-electron chi connectivity index (χ2n) is 5.77. The van der Waals surface area contributed by atoms with Gasteiger partial charge >= 0.3 is 0 Å². The number of anilines is 1. The molecule has 2 rings (SSSR count). The number of hydrogen-bond acceptors (Lipinski definition) is 4. The molecular formula is C15H24FN3O. The molecule has 0 unspecified atom stereocenters. The van der Waals surface area contributed by atoms with Crippen molar-refractivity contribution < 1.29 is 9.50 Å². The molecule has 0 bridgehead atoms. The number of rotatable bonds is 5. The SMILES string of the molecule is CCc1ncnc(NCC2(O)CCC(CC)CC2)c1F. The molecule has 0 saturated heterocycles. The second-order valence-corrected chi connectivity index (χ2v) is 5.77. The van der Waals surface area contributed by atoms with Crippen molar-refractivity contribution in [1.29, 1.82) is 0 Å². The summed E-state index contributed by atoms with van der Waals surface area (Å²) in [5, 5.41) is 13.5. The van der Waals surface area contributed by atoms with Crippen LogP contribution in [0.1, 0.15) is 51.6 Å². The van der Waals surface area contributed by atoms with Crippen LogP contribution in [0.2, 0.25) is 0 Å². The molecule has 2 N–H and O–H groups in total. The standard InChI is InChI=1S/C15H24FN3O/c1-3-11-5-7-15(20,8-6-11)9-17-14-13(16)12(4-2)18-10-19-14/h10-11,20H,3-9H2,1-2H3,(H,17,18,19). The van der Waals surface area contributed by atoms with E-state index in [0.29, 0.717) is 18.7 Å². The van der Waals surface area contributed by atoms with Gasteiger partial charge in [-0.3, -0.25) is 0 Å². The number of aliphatic hydroxyl groups is 1. The lowest BCUT2D eigenvalue weighted by Gasteiger charge is -2.36. The van der Waals surface area contributed by atoms with E-state index < -0.39 is 11.4 Å². The summed E-state index contributed by atoms with van der Waals surface area (Å²) in [6.45, 7) is 4.39. The lowest BCUT2D eigenvalue weighted by atomic mass is 9.78. The van der Waals surface area contributed by atoms with E-state index in [-0.39, 0.29) is 5.82 Å². The zero-order valence-corrected chi connectivity index (χ0v) is 12.3. The third kappa shape index (κ3) is 3.45. The van der Waals surface area contributed by atoms with E-state index in [1.807, 2.05) is 6.92 Å². The van der Waals surface area contributed by atoms with E-state index in [1.165, 1.54) is 12.7 Å². The molecule has 1 aromatic heterocycles. The topological polar surface area (TPSA) is 58.0 Å². The van der Waals surface area contributed by atoms with Gasteiger partial charge in [0.15, 0.2) is 11.6 Å². The summed E-state index contributed by atoms with van der Waals surface area (Å²) in [5.41, 5.74) is -0.334. The minimum Gasteiger partial charge on any atom is -0.388 e. The number of hydrogen-bond donors (Lipinski definition) is 2. The fourth-order valence-electron chi connectivity index (χ4n) is 2.82. The summed E-state index contributed by atoms with van der Waals surface area (Å²) in [4.78, 5) is 7.83. The predicted molar refractivity (Wildman–Crippen MR) is 77.1 cm³/mol. The number of halogens is 1. The summed E-state index contributed by atoms with van der Waals surface area (Å²) >= 11 is 0. The maximum absolute atomic E-state index is 14.0. The van der Waals surface area contributed by atoms with Crippen molar-refractivity contribution in [1.82, 2.24) is 9.97 Å². The van der Waals surface area contributed by atoms with Crippen LogP contribution in [0.5, 0.6) is 0 Å². The number of aryl methyl sites for hydroxylation is 1. The van der Waals surface area contributed by atoms with Gasteiger partial charge in [0.1, 0.15) is 6.33 Å². The summed E-state index contributed by atoms with van der Waals surface area (Å²) in [5.74, 6) is 0.515. The second kappa shape index (κ2) is 6.48. The van der Waals surface area contributed by atoms with Crippen LogP contribution < -0.4 is 5.32 Å². The minimum absolute atomic E-state index is 0.197. The fourth-order valence-corrected chi connectivity index (χ4v) is 2.82. The molecule has 4 nitrogen and oxygen atoms in total. The molecule has 1 saturated carbocycles. The molecule has 0 atom stereocenters. The predicted octanol–water partition coefficient (Wildman–Crippen LogP) is 2.92. The lowest BCUT2D eigenvalue weighted by Crippen LogP contribution is -2.40. The van der Waals surface area contributed by atoms with Gasteiger partial charge in [0.05, 0.1) is 11.3 Å². The molecule has 0 spiro atoms. The molecule has 0 amide bonds. The molecule has 1 aliphatic carbocycles. The first-order valence-corrected chi connectivity index (χ1v) is 7.53. The quantitative estimate of drug-likeness (QED) is 0.871. The van der Waals surface area contributed by atoms with E-state index in [9.17, 15) is 9.50 Å². The van der Waals surface area contributed by atoms with Crippen molar-refractivity contribution in [3.05, 3.63) is 17.8 Å². The Balaban J connectivity index is 1.95. The maximum atomic E-state index is 14.0. The maximum Gasteiger partial charge on any atom is 0.186 e.